The number of nitrogens with two attached hydrogens (primary N) is 1. The smallest absolute Gasteiger partial charge is 0.216 e. The van der Waals surface area contributed by atoms with Gasteiger partial charge in [-0.1, -0.05) is 6.07 Å². The molecule has 1 rings (SSSR count). The molecule has 1 unspecified atom stereocenters. The second kappa shape index (κ2) is 4.19. The van der Waals surface area contributed by atoms with Gasteiger partial charge in [-0.3, -0.25) is 4.79 Å². The van der Waals surface area contributed by atoms with Gasteiger partial charge in [0.05, 0.1) is 13.2 Å². The highest BCUT2D eigenvalue weighted by Gasteiger charge is 2.13. The van der Waals surface area contributed by atoms with Gasteiger partial charge >= 0.3 is 0 Å². The van der Waals surface area contributed by atoms with E-state index in [4.69, 9.17) is 10.5 Å². The van der Waals surface area contributed by atoms with Gasteiger partial charge in [0.1, 0.15) is 5.69 Å². The number of hydrogen-bond donors (Lipinski definition) is 1. The minimum Gasteiger partial charge on any atom is -0.481 e. The number of pyridine rings is 1. The SMILES string of the molecule is COc1nc(C(=O)C(C)N)ccc1C. The van der Waals surface area contributed by atoms with Crippen LogP contribution in [0.25, 0.3) is 0 Å². The van der Waals surface area contributed by atoms with Crippen LogP contribution in [0.1, 0.15) is 23.0 Å². The Bertz CT molecular complexity index is 348. The molecule has 0 aromatic carbocycles. The summed E-state index contributed by atoms with van der Waals surface area (Å²) >= 11 is 0. The number of carbonyl (C=O) groups is 1. The molecule has 0 bridgehead atoms. The molecule has 0 aliphatic carbocycles. The summed E-state index contributed by atoms with van der Waals surface area (Å²) in [6, 6.07) is 2.92. The van der Waals surface area contributed by atoms with Crippen molar-refractivity contribution in [2.24, 2.45) is 5.73 Å². The summed E-state index contributed by atoms with van der Waals surface area (Å²) in [4.78, 5) is 15.5. The standard InChI is InChI=1S/C10H14N2O2/c1-6-4-5-8(9(13)7(2)11)12-10(6)14-3/h4-5,7H,11H2,1-3H3. The maximum absolute atomic E-state index is 11.5. The summed E-state index contributed by atoms with van der Waals surface area (Å²) in [6.45, 7) is 3.50. The van der Waals surface area contributed by atoms with E-state index >= 15 is 0 Å². The van der Waals surface area contributed by atoms with Crippen LogP contribution in [0.5, 0.6) is 5.88 Å². The van der Waals surface area contributed by atoms with Crippen LogP contribution in [0.15, 0.2) is 12.1 Å². The molecular weight excluding hydrogens is 180 g/mol. The topological polar surface area (TPSA) is 65.2 Å². The fourth-order valence-corrected chi connectivity index (χ4v) is 1.09. The molecule has 1 aromatic heterocycles. The highest BCUT2D eigenvalue weighted by molar-refractivity contribution is 5.98. The molecule has 1 atom stereocenters. The molecule has 0 saturated carbocycles. The normalized spacial score (nSPS) is 12.3. The summed E-state index contributed by atoms with van der Waals surface area (Å²) in [5.74, 6) is 0.291. The first-order valence-electron chi connectivity index (χ1n) is 4.37. The second-order valence-electron chi connectivity index (χ2n) is 3.18. The van der Waals surface area contributed by atoms with Gasteiger partial charge in [-0.25, -0.2) is 4.98 Å². The maximum atomic E-state index is 11.5. The van der Waals surface area contributed by atoms with Gasteiger partial charge in [-0.05, 0) is 19.9 Å². The average molecular weight is 194 g/mol. The van der Waals surface area contributed by atoms with E-state index in [1.54, 1.807) is 19.1 Å². The zero-order valence-corrected chi connectivity index (χ0v) is 8.57. The Morgan fingerprint density at radius 3 is 2.71 bits per heavy atom. The van der Waals surface area contributed by atoms with Crippen LogP contribution in [-0.4, -0.2) is 23.9 Å². The van der Waals surface area contributed by atoms with E-state index in [1.165, 1.54) is 7.11 Å². The molecule has 1 heterocycles. The molecule has 4 heteroatoms. The summed E-state index contributed by atoms with van der Waals surface area (Å²) in [7, 11) is 1.52. The number of ketones is 1. The lowest BCUT2D eigenvalue weighted by Gasteiger charge is -2.07. The van der Waals surface area contributed by atoms with Crippen LogP contribution >= 0.6 is 0 Å². The van der Waals surface area contributed by atoms with E-state index in [9.17, 15) is 4.79 Å². The van der Waals surface area contributed by atoms with Gasteiger partial charge in [-0.15, -0.1) is 0 Å². The zero-order valence-electron chi connectivity index (χ0n) is 8.57. The lowest BCUT2D eigenvalue weighted by molar-refractivity contribution is 0.0962. The fourth-order valence-electron chi connectivity index (χ4n) is 1.09. The molecule has 0 spiro atoms. The van der Waals surface area contributed by atoms with Crippen molar-refractivity contribution < 1.29 is 9.53 Å². The number of carbonyl (C=O) groups excluding carboxylic acids is 1. The van der Waals surface area contributed by atoms with Crippen LogP contribution in [0.3, 0.4) is 0 Å². The Hall–Kier alpha value is -1.42. The number of rotatable bonds is 3. The lowest BCUT2D eigenvalue weighted by Crippen LogP contribution is -2.27. The number of methoxy groups -OCH3 is 1. The van der Waals surface area contributed by atoms with E-state index in [0.717, 1.165) is 5.56 Å². The molecular formula is C10H14N2O2. The van der Waals surface area contributed by atoms with Gasteiger partial charge in [-0.2, -0.15) is 0 Å². The van der Waals surface area contributed by atoms with Crippen LogP contribution < -0.4 is 10.5 Å². The minimum atomic E-state index is -0.532. The van der Waals surface area contributed by atoms with Gasteiger partial charge in [0, 0.05) is 5.56 Å². The van der Waals surface area contributed by atoms with Crippen LogP contribution in [-0.2, 0) is 0 Å². The number of ether oxygens (including phenoxy) is 1. The third-order valence-corrected chi connectivity index (χ3v) is 1.91. The number of nitrogens with zero attached hydrogens (tertiary/aromatic N) is 1. The molecule has 0 fully saturated rings. The van der Waals surface area contributed by atoms with Crippen LogP contribution in [0.2, 0.25) is 0 Å². The van der Waals surface area contributed by atoms with E-state index in [-0.39, 0.29) is 5.78 Å². The van der Waals surface area contributed by atoms with Crippen molar-refractivity contribution >= 4 is 5.78 Å². The van der Waals surface area contributed by atoms with Crippen molar-refractivity contribution in [1.82, 2.24) is 4.98 Å². The molecule has 0 saturated heterocycles. The summed E-state index contributed by atoms with van der Waals surface area (Å²) in [5, 5.41) is 0. The molecule has 0 radical (unpaired) electrons. The van der Waals surface area contributed by atoms with Crippen molar-refractivity contribution in [2.75, 3.05) is 7.11 Å². The highest BCUT2D eigenvalue weighted by Crippen LogP contribution is 2.14. The van der Waals surface area contributed by atoms with Crippen molar-refractivity contribution in [1.29, 1.82) is 0 Å². The van der Waals surface area contributed by atoms with Crippen molar-refractivity contribution in [3.63, 3.8) is 0 Å². The number of hydrogen-bond acceptors (Lipinski definition) is 4. The monoisotopic (exact) mass is 194 g/mol. The van der Waals surface area contributed by atoms with Crippen LogP contribution in [0, 0.1) is 6.92 Å². The van der Waals surface area contributed by atoms with Gasteiger partial charge in [0.25, 0.3) is 0 Å². The van der Waals surface area contributed by atoms with Gasteiger partial charge < -0.3 is 10.5 Å². The Morgan fingerprint density at radius 1 is 1.57 bits per heavy atom. The predicted molar refractivity (Wildman–Crippen MR) is 53.5 cm³/mol. The maximum Gasteiger partial charge on any atom is 0.216 e. The molecule has 0 aliphatic heterocycles. The Morgan fingerprint density at radius 2 is 2.21 bits per heavy atom. The molecule has 76 valence electrons. The first-order valence-corrected chi connectivity index (χ1v) is 4.37. The number of aryl methyl sites for hydroxylation is 1. The third-order valence-electron chi connectivity index (χ3n) is 1.91. The summed E-state index contributed by atoms with van der Waals surface area (Å²) in [5.41, 5.74) is 6.71. The van der Waals surface area contributed by atoms with E-state index in [0.29, 0.717) is 11.6 Å². The minimum absolute atomic E-state index is 0.177. The first-order chi connectivity index (χ1) is 6.56. The summed E-state index contributed by atoms with van der Waals surface area (Å²) in [6.07, 6.45) is 0. The molecule has 4 nitrogen and oxygen atoms in total. The van der Waals surface area contributed by atoms with Crippen molar-refractivity contribution in [3.05, 3.63) is 23.4 Å². The Kier molecular flexibility index (Phi) is 3.19. The van der Waals surface area contributed by atoms with Gasteiger partial charge in [0.2, 0.25) is 5.88 Å². The Labute approximate surface area is 83.1 Å². The van der Waals surface area contributed by atoms with Crippen LogP contribution in [0.4, 0.5) is 0 Å². The average Bonchev–Trinajstić information content (AvgIpc) is 2.17. The molecule has 2 N–H and O–H groups in total. The highest BCUT2D eigenvalue weighted by atomic mass is 16.5. The van der Waals surface area contributed by atoms with E-state index in [1.807, 2.05) is 6.92 Å². The third kappa shape index (κ3) is 2.09. The second-order valence-corrected chi connectivity index (χ2v) is 3.18. The van der Waals surface area contributed by atoms with E-state index in [2.05, 4.69) is 4.98 Å². The lowest BCUT2D eigenvalue weighted by atomic mass is 10.1. The predicted octanol–water partition coefficient (Wildman–Crippen LogP) is 0.929. The molecule has 0 aliphatic rings. The van der Waals surface area contributed by atoms with Crippen molar-refractivity contribution in [3.8, 4) is 5.88 Å². The fraction of sp³-hybridized carbons (Fsp3) is 0.400. The molecule has 1 aromatic rings. The van der Waals surface area contributed by atoms with Gasteiger partial charge in [0.15, 0.2) is 5.78 Å². The molecule has 14 heavy (non-hydrogen) atoms. The molecule has 0 amide bonds. The van der Waals surface area contributed by atoms with Crippen molar-refractivity contribution in [2.45, 2.75) is 19.9 Å². The Balaban J connectivity index is 3.06. The summed E-state index contributed by atoms with van der Waals surface area (Å²) < 4.78 is 5.01. The zero-order chi connectivity index (χ0) is 10.7. The largest absolute Gasteiger partial charge is 0.481 e. The first kappa shape index (κ1) is 10.7. The van der Waals surface area contributed by atoms with E-state index < -0.39 is 6.04 Å². The quantitative estimate of drug-likeness (QED) is 0.727. The number of aromatic nitrogens is 1. The number of Topliss-reactive ketones (excluding diaryl/α,β-unsaturated/α-hetero) is 1.